The minimum absolute atomic E-state index is 0.227. The summed E-state index contributed by atoms with van der Waals surface area (Å²) >= 11 is 1.66. The fourth-order valence-electron chi connectivity index (χ4n) is 4.92. The van der Waals surface area contributed by atoms with E-state index >= 15 is 0 Å². The van der Waals surface area contributed by atoms with E-state index in [4.69, 9.17) is 9.40 Å². The van der Waals surface area contributed by atoms with Gasteiger partial charge in [0.05, 0.1) is 10.6 Å². The molecule has 7 heteroatoms. The molecule has 170 valence electrons. The van der Waals surface area contributed by atoms with Gasteiger partial charge in [-0.05, 0) is 82.6 Å². The summed E-state index contributed by atoms with van der Waals surface area (Å²) in [7, 11) is 0. The van der Waals surface area contributed by atoms with Crippen molar-refractivity contribution in [2.45, 2.75) is 65.0 Å². The number of aromatic nitrogens is 1. The standard InChI is InChI=1S/C24H36N4O2S/c1-3-28-12-4-6-20(28)16-25-23(29)9-8-19-10-13-27(14-11-19)17-21-18(2)30-24(26-21)22-7-5-15-31-22/h5,7,15,19-20H,3-4,6,8-14,16-17H2,1-2H3,(H,25,29)/t20-/m1/s1. The van der Waals surface area contributed by atoms with Crippen LogP contribution in [0.15, 0.2) is 21.9 Å². The maximum Gasteiger partial charge on any atom is 0.236 e. The topological polar surface area (TPSA) is 61.6 Å². The first-order valence-electron chi connectivity index (χ1n) is 11.9. The summed E-state index contributed by atoms with van der Waals surface area (Å²) in [6.07, 6.45) is 6.47. The highest BCUT2D eigenvalue weighted by molar-refractivity contribution is 7.13. The zero-order chi connectivity index (χ0) is 21.6. The number of carbonyl (C=O) groups is 1. The molecule has 0 unspecified atom stereocenters. The van der Waals surface area contributed by atoms with E-state index in [1.165, 1.54) is 19.4 Å². The van der Waals surface area contributed by atoms with Crippen molar-refractivity contribution in [3.05, 3.63) is 29.0 Å². The average molecular weight is 445 g/mol. The van der Waals surface area contributed by atoms with Gasteiger partial charge in [0.2, 0.25) is 11.8 Å². The van der Waals surface area contributed by atoms with Crippen LogP contribution in [0.5, 0.6) is 0 Å². The first kappa shape index (κ1) is 22.5. The van der Waals surface area contributed by atoms with Crippen LogP contribution in [0.2, 0.25) is 0 Å². The summed E-state index contributed by atoms with van der Waals surface area (Å²) in [5, 5.41) is 5.23. The number of likely N-dealkylation sites (N-methyl/N-ethyl adjacent to an activating group) is 1. The second-order valence-corrected chi connectivity index (χ2v) is 9.93. The molecule has 0 aromatic carbocycles. The lowest BCUT2D eigenvalue weighted by molar-refractivity contribution is -0.121. The highest BCUT2D eigenvalue weighted by Gasteiger charge is 2.24. The number of hydrogen-bond donors (Lipinski definition) is 1. The van der Waals surface area contributed by atoms with E-state index in [9.17, 15) is 4.79 Å². The lowest BCUT2D eigenvalue weighted by Crippen LogP contribution is -2.40. The first-order chi connectivity index (χ1) is 15.1. The molecule has 2 aromatic rings. The molecule has 2 saturated heterocycles. The number of nitrogens with zero attached hydrogens (tertiary/aromatic N) is 3. The molecular weight excluding hydrogens is 408 g/mol. The van der Waals surface area contributed by atoms with Crippen molar-refractivity contribution in [1.82, 2.24) is 20.1 Å². The number of likely N-dealkylation sites (tertiary alicyclic amines) is 2. The Bertz CT molecular complexity index is 827. The summed E-state index contributed by atoms with van der Waals surface area (Å²) in [5.41, 5.74) is 1.05. The van der Waals surface area contributed by atoms with Crippen LogP contribution < -0.4 is 5.32 Å². The predicted octanol–water partition coefficient (Wildman–Crippen LogP) is 4.30. The molecule has 2 aromatic heterocycles. The fraction of sp³-hybridized carbons (Fsp3) is 0.667. The van der Waals surface area contributed by atoms with Gasteiger partial charge < -0.3 is 9.73 Å². The Balaban J connectivity index is 1.15. The van der Waals surface area contributed by atoms with Gasteiger partial charge in [0.25, 0.3) is 0 Å². The molecule has 1 atom stereocenters. The van der Waals surface area contributed by atoms with Crippen molar-refractivity contribution in [3.8, 4) is 10.8 Å². The Morgan fingerprint density at radius 2 is 2.13 bits per heavy atom. The summed E-state index contributed by atoms with van der Waals surface area (Å²) < 4.78 is 5.89. The van der Waals surface area contributed by atoms with E-state index in [1.807, 2.05) is 18.4 Å². The van der Waals surface area contributed by atoms with Gasteiger partial charge in [0.1, 0.15) is 5.76 Å². The minimum atomic E-state index is 0.227. The average Bonchev–Trinajstić information content (AvgIpc) is 3.53. The van der Waals surface area contributed by atoms with Gasteiger partial charge in [-0.15, -0.1) is 11.3 Å². The molecule has 2 fully saturated rings. The molecule has 2 aliphatic heterocycles. The fourth-order valence-corrected chi connectivity index (χ4v) is 5.57. The highest BCUT2D eigenvalue weighted by Crippen LogP contribution is 2.28. The number of nitrogens with one attached hydrogen (secondary N) is 1. The summed E-state index contributed by atoms with van der Waals surface area (Å²) in [4.78, 5) is 23.1. The van der Waals surface area contributed by atoms with E-state index in [2.05, 4.69) is 28.1 Å². The Morgan fingerprint density at radius 1 is 1.29 bits per heavy atom. The van der Waals surface area contributed by atoms with Gasteiger partial charge in [0, 0.05) is 25.6 Å². The molecule has 0 bridgehead atoms. The maximum atomic E-state index is 12.3. The molecule has 31 heavy (non-hydrogen) atoms. The van der Waals surface area contributed by atoms with Crippen LogP contribution >= 0.6 is 11.3 Å². The monoisotopic (exact) mass is 444 g/mol. The number of thiophene rings is 1. The number of piperidine rings is 1. The van der Waals surface area contributed by atoms with Crippen LogP contribution in [0.25, 0.3) is 10.8 Å². The summed E-state index contributed by atoms with van der Waals surface area (Å²) in [5.74, 6) is 2.54. The van der Waals surface area contributed by atoms with Crippen LogP contribution in [0.3, 0.4) is 0 Å². The van der Waals surface area contributed by atoms with Crippen LogP contribution in [-0.4, -0.2) is 59.5 Å². The Hall–Kier alpha value is -1.70. The SMILES string of the molecule is CCN1CCC[C@@H]1CNC(=O)CCC1CCN(Cc2nc(-c3cccs3)oc2C)CC1. The Labute approximate surface area is 190 Å². The molecule has 4 heterocycles. The lowest BCUT2D eigenvalue weighted by atomic mass is 9.92. The zero-order valence-corrected chi connectivity index (χ0v) is 19.8. The smallest absolute Gasteiger partial charge is 0.236 e. The lowest BCUT2D eigenvalue weighted by Gasteiger charge is -2.31. The number of amides is 1. The molecular formula is C24H36N4O2S. The maximum absolute atomic E-state index is 12.3. The van der Waals surface area contributed by atoms with Crippen LogP contribution in [0.4, 0.5) is 0 Å². The second-order valence-electron chi connectivity index (χ2n) is 8.99. The van der Waals surface area contributed by atoms with Crippen LogP contribution in [0, 0.1) is 12.8 Å². The highest BCUT2D eigenvalue weighted by atomic mass is 32.1. The molecule has 0 spiro atoms. The third-order valence-electron chi connectivity index (χ3n) is 6.92. The number of oxazole rings is 1. The summed E-state index contributed by atoms with van der Waals surface area (Å²) in [6.45, 7) is 10.3. The largest absolute Gasteiger partial charge is 0.440 e. The van der Waals surface area contributed by atoms with Crippen molar-refractivity contribution in [2.75, 3.05) is 32.7 Å². The van der Waals surface area contributed by atoms with Crippen molar-refractivity contribution in [1.29, 1.82) is 0 Å². The Kier molecular flexibility index (Phi) is 7.80. The number of carbonyl (C=O) groups excluding carboxylic acids is 1. The van der Waals surface area contributed by atoms with E-state index in [0.717, 1.165) is 74.2 Å². The summed E-state index contributed by atoms with van der Waals surface area (Å²) in [6, 6.07) is 4.62. The zero-order valence-electron chi connectivity index (χ0n) is 18.9. The molecule has 6 nitrogen and oxygen atoms in total. The third kappa shape index (κ3) is 5.96. The predicted molar refractivity (Wildman–Crippen MR) is 125 cm³/mol. The van der Waals surface area contributed by atoms with E-state index in [-0.39, 0.29) is 5.91 Å². The van der Waals surface area contributed by atoms with Crippen LogP contribution in [-0.2, 0) is 11.3 Å². The molecule has 1 N–H and O–H groups in total. The molecule has 1 amide bonds. The van der Waals surface area contributed by atoms with Crippen molar-refractivity contribution >= 4 is 17.2 Å². The number of hydrogen-bond acceptors (Lipinski definition) is 6. The normalized spacial score (nSPS) is 21.0. The Morgan fingerprint density at radius 3 is 2.87 bits per heavy atom. The molecule has 0 radical (unpaired) electrons. The van der Waals surface area contributed by atoms with Gasteiger partial charge in [-0.1, -0.05) is 13.0 Å². The molecule has 0 saturated carbocycles. The van der Waals surface area contributed by atoms with Crippen molar-refractivity contribution in [2.24, 2.45) is 5.92 Å². The van der Waals surface area contributed by atoms with Gasteiger partial charge in [-0.3, -0.25) is 14.6 Å². The van der Waals surface area contributed by atoms with E-state index in [0.29, 0.717) is 18.4 Å². The quantitative estimate of drug-likeness (QED) is 0.625. The van der Waals surface area contributed by atoms with Gasteiger partial charge in [-0.25, -0.2) is 4.98 Å². The van der Waals surface area contributed by atoms with Gasteiger partial charge in [0.15, 0.2) is 0 Å². The molecule has 4 rings (SSSR count). The number of rotatable bonds is 9. The first-order valence-corrected chi connectivity index (χ1v) is 12.7. The van der Waals surface area contributed by atoms with E-state index in [1.54, 1.807) is 11.3 Å². The third-order valence-corrected chi connectivity index (χ3v) is 7.78. The van der Waals surface area contributed by atoms with Crippen molar-refractivity contribution in [3.63, 3.8) is 0 Å². The minimum Gasteiger partial charge on any atom is -0.440 e. The molecule has 0 aliphatic carbocycles. The number of aryl methyl sites for hydroxylation is 1. The van der Waals surface area contributed by atoms with Crippen LogP contribution in [0.1, 0.15) is 56.9 Å². The van der Waals surface area contributed by atoms with Gasteiger partial charge >= 0.3 is 0 Å². The van der Waals surface area contributed by atoms with Gasteiger partial charge in [-0.2, -0.15) is 0 Å². The van der Waals surface area contributed by atoms with Crippen molar-refractivity contribution < 1.29 is 9.21 Å². The second kappa shape index (κ2) is 10.7. The van der Waals surface area contributed by atoms with E-state index < -0.39 is 0 Å². The molecule has 2 aliphatic rings.